The van der Waals surface area contributed by atoms with E-state index in [4.69, 9.17) is 4.74 Å². The molecule has 0 aliphatic carbocycles. The molecule has 0 radical (unpaired) electrons. The number of amides is 1. The molecule has 2 aliphatic heterocycles. The van der Waals surface area contributed by atoms with E-state index in [9.17, 15) is 18.7 Å². The van der Waals surface area contributed by atoms with Crippen molar-refractivity contribution in [1.29, 1.82) is 0 Å². The van der Waals surface area contributed by atoms with Gasteiger partial charge in [0.05, 0.1) is 36.4 Å². The molecule has 1 aromatic carbocycles. The highest BCUT2D eigenvalue weighted by atomic mass is 19.1. The largest absolute Gasteiger partial charge is 0.476 e. The number of ether oxygens (including phenoxy) is 1. The number of rotatable bonds is 7. The molecule has 35 heavy (non-hydrogen) atoms. The smallest absolute Gasteiger partial charge is 0.256 e. The van der Waals surface area contributed by atoms with Crippen molar-refractivity contribution >= 4 is 5.91 Å². The van der Waals surface area contributed by atoms with Gasteiger partial charge in [-0.3, -0.25) is 4.79 Å². The Hall–Kier alpha value is -2.65. The molecule has 0 spiro atoms. The minimum absolute atomic E-state index is 0.0168. The molecule has 1 aromatic heterocycles. The van der Waals surface area contributed by atoms with Crippen molar-refractivity contribution in [3.05, 3.63) is 42.0 Å². The SMILES string of the molecule is CC(C)(F)CN1CCC(COc2cnc(-c3ccc(C(=O)N4CCC[C@H](O)C4)c(F)c3)cn2)CC1. The first kappa shape index (κ1) is 25.4. The van der Waals surface area contributed by atoms with E-state index in [0.717, 1.165) is 25.9 Å². The molecule has 0 saturated carbocycles. The van der Waals surface area contributed by atoms with Crippen molar-refractivity contribution in [2.75, 3.05) is 39.3 Å². The Balaban J connectivity index is 1.30. The second-order valence-corrected chi connectivity index (χ2v) is 10.2. The van der Waals surface area contributed by atoms with E-state index < -0.39 is 23.5 Å². The van der Waals surface area contributed by atoms with Crippen molar-refractivity contribution in [1.82, 2.24) is 19.8 Å². The van der Waals surface area contributed by atoms with E-state index in [-0.39, 0.29) is 12.1 Å². The number of carbonyl (C=O) groups excluding carboxylic acids is 1. The molecule has 7 nitrogen and oxygen atoms in total. The third kappa shape index (κ3) is 6.95. The van der Waals surface area contributed by atoms with E-state index in [1.165, 1.54) is 29.4 Å². The standard InChI is InChI=1S/C26H34F2N4O3/c1-26(2,28)17-31-10-7-18(8-11-31)16-35-24-14-29-23(13-30-24)19-5-6-21(22(27)12-19)25(34)32-9-3-4-20(33)15-32/h5-6,12-14,18,20,33H,3-4,7-11,15-17H2,1-2H3/t20-/m0/s1. The number of benzene rings is 1. The fourth-order valence-electron chi connectivity index (χ4n) is 4.74. The molecular weight excluding hydrogens is 454 g/mol. The van der Waals surface area contributed by atoms with Gasteiger partial charge in [0.1, 0.15) is 11.5 Å². The number of hydrogen-bond donors (Lipinski definition) is 1. The number of nitrogens with zero attached hydrogens (tertiary/aromatic N) is 4. The summed E-state index contributed by atoms with van der Waals surface area (Å²) in [6.45, 7) is 6.63. The predicted octanol–water partition coefficient (Wildman–Crippen LogP) is 3.72. The Morgan fingerprint density at radius 2 is 1.94 bits per heavy atom. The summed E-state index contributed by atoms with van der Waals surface area (Å²) in [5.74, 6) is -0.258. The first-order valence-electron chi connectivity index (χ1n) is 12.3. The average Bonchev–Trinajstić information content (AvgIpc) is 2.82. The van der Waals surface area contributed by atoms with Crippen LogP contribution in [0.2, 0.25) is 0 Å². The molecule has 0 unspecified atom stereocenters. The lowest BCUT2D eigenvalue weighted by Crippen LogP contribution is -2.42. The first-order chi connectivity index (χ1) is 16.7. The molecule has 190 valence electrons. The van der Waals surface area contributed by atoms with E-state index in [1.54, 1.807) is 19.9 Å². The summed E-state index contributed by atoms with van der Waals surface area (Å²) in [7, 11) is 0. The van der Waals surface area contributed by atoms with Crippen LogP contribution in [0.25, 0.3) is 11.3 Å². The third-order valence-corrected chi connectivity index (χ3v) is 6.58. The number of carbonyl (C=O) groups is 1. The molecule has 0 bridgehead atoms. The van der Waals surface area contributed by atoms with Gasteiger partial charge in [0.2, 0.25) is 5.88 Å². The number of piperidine rings is 2. The molecule has 9 heteroatoms. The van der Waals surface area contributed by atoms with E-state index >= 15 is 0 Å². The molecular formula is C26H34F2N4O3. The van der Waals surface area contributed by atoms with Crippen LogP contribution in [0.4, 0.5) is 8.78 Å². The Labute approximate surface area is 205 Å². The maximum atomic E-state index is 14.8. The Morgan fingerprint density at radius 1 is 1.17 bits per heavy atom. The molecule has 2 saturated heterocycles. The number of aromatic nitrogens is 2. The number of halogens is 2. The lowest BCUT2D eigenvalue weighted by atomic mass is 9.97. The van der Waals surface area contributed by atoms with Crippen LogP contribution >= 0.6 is 0 Å². The van der Waals surface area contributed by atoms with Crippen LogP contribution in [-0.2, 0) is 0 Å². The lowest BCUT2D eigenvalue weighted by Gasteiger charge is -2.34. The molecule has 1 N–H and O–H groups in total. The molecule has 2 aliphatic rings. The van der Waals surface area contributed by atoms with Gasteiger partial charge < -0.3 is 19.6 Å². The van der Waals surface area contributed by atoms with Crippen molar-refractivity contribution in [2.45, 2.75) is 51.3 Å². The highest BCUT2D eigenvalue weighted by Gasteiger charge is 2.26. The summed E-state index contributed by atoms with van der Waals surface area (Å²) in [6, 6.07) is 4.38. The van der Waals surface area contributed by atoms with Crippen LogP contribution in [-0.4, -0.2) is 81.9 Å². The van der Waals surface area contributed by atoms with Crippen molar-refractivity contribution in [3.63, 3.8) is 0 Å². The number of alkyl halides is 1. The molecule has 4 rings (SSSR count). The van der Waals surface area contributed by atoms with E-state index in [1.807, 2.05) is 0 Å². The highest BCUT2D eigenvalue weighted by molar-refractivity contribution is 5.95. The molecule has 3 heterocycles. The number of likely N-dealkylation sites (tertiary alicyclic amines) is 2. The van der Waals surface area contributed by atoms with Gasteiger partial charge in [-0.1, -0.05) is 6.07 Å². The second-order valence-electron chi connectivity index (χ2n) is 10.2. The normalized spacial score (nSPS) is 20.1. The molecule has 2 fully saturated rings. The summed E-state index contributed by atoms with van der Waals surface area (Å²) < 4.78 is 34.4. The highest BCUT2D eigenvalue weighted by Crippen LogP contribution is 2.24. The zero-order valence-electron chi connectivity index (χ0n) is 20.4. The summed E-state index contributed by atoms with van der Waals surface area (Å²) >= 11 is 0. The van der Waals surface area contributed by atoms with Gasteiger partial charge in [-0.2, -0.15) is 0 Å². The van der Waals surface area contributed by atoms with Gasteiger partial charge in [-0.25, -0.2) is 18.7 Å². The van der Waals surface area contributed by atoms with E-state index in [0.29, 0.717) is 55.6 Å². The Morgan fingerprint density at radius 3 is 2.57 bits per heavy atom. The van der Waals surface area contributed by atoms with Crippen LogP contribution in [0.5, 0.6) is 5.88 Å². The average molecular weight is 489 g/mol. The fourth-order valence-corrected chi connectivity index (χ4v) is 4.74. The van der Waals surface area contributed by atoms with Crippen LogP contribution in [0.15, 0.2) is 30.6 Å². The Kier molecular flexibility index (Phi) is 7.96. The van der Waals surface area contributed by atoms with Crippen LogP contribution in [0.3, 0.4) is 0 Å². The van der Waals surface area contributed by atoms with Crippen molar-refractivity contribution in [3.8, 4) is 17.1 Å². The zero-order chi connectivity index (χ0) is 25.0. The third-order valence-electron chi connectivity index (χ3n) is 6.58. The van der Waals surface area contributed by atoms with Gasteiger partial charge in [0.15, 0.2) is 0 Å². The second kappa shape index (κ2) is 11.0. The predicted molar refractivity (Wildman–Crippen MR) is 128 cm³/mol. The number of β-amino-alcohol motifs (C(OH)–C–C–N with tert-alkyl or cyclic N) is 1. The summed E-state index contributed by atoms with van der Waals surface area (Å²) in [4.78, 5) is 24.9. The van der Waals surface area contributed by atoms with E-state index in [2.05, 4.69) is 14.9 Å². The Bertz CT molecular complexity index is 1000. The van der Waals surface area contributed by atoms with Gasteiger partial charge in [-0.05, 0) is 70.7 Å². The molecule has 1 atom stereocenters. The summed E-state index contributed by atoms with van der Waals surface area (Å²) in [5.41, 5.74) is -0.210. The minimum atomic E-state index is -1.18. The van der Waals surface area contributed by atoms with Gasteiger partial charge in [0.25, 0.3) is 5.91 Å². The van der Waals surface area contributed by atoms with Crippen molar-refractivity contribution < 1.29 is 23.4 Å². The summed E-state index contributed by atoms with van der Waals surface area (Å²) in [6.07, 6.45) is 5.73. The van der Waals surface area contributed by atoms with Gasteiger partial charge >= 0.3 is 0 Å². The van der Waals surface area contributed by atoms with Crippen LogP contribution < -0.4 is 4.74 Å². The van der Waals surface area contributed by atoms with Gasteiger partial charge in [-0.15, -0.1) is 0 Å². The maximum absolute atomic E-state index is 14.8. The van der Waals surface area contributed by atoms with Gasteiger partial charge in [0, 0.05) is 25.2 Å². The van der Waals surface area contributed by atoms with Crippen LogP contribution in [0, 0.1) is 11.7 Å². The maximum Gasteiger partial charge on any atom is 0.256 e. The van der Waals surface area contributed by atoms with Crippen molar-refractivity contribution in [2.24, 2.45) is 5.92 Å². The number of hydrogen-bond acceptors (Lipinski definition) is 6. The fraction of sp³-hybridized carbons (Fsp3) is 0.577. The lowest BCUT2D eigenvalue weighted by molar-refractivity contribution is 0.0470. The monoisotopic (exact) mass is 488 g/mol. The topological polar surface area (TPSA) is 78.8 Å². The molecule has 1 amide bonds. The first-order valence-corrected chi connectivity index (χ1v) is 12.3. The minimum Gasteiger partial charge on any atom is -0.476 e. The van der Waals surface area contributed by atoms with Crippen LogP contribution in [0.1, 0.15) is 49.9 Å². The molecule has 2 aromatic rings. The number of aliphatic hydroxyl groups is 1. The quantitative estimate of drug-likeness (QED) is 0.640. The number of aliphatic hydroxyl groups excluding tert-OH is 1. The summed E-state index contributed by atoms with van der Waals surface area (Å²) in [5, 5.41) is 9.79. The zero-order valence-corrected chi connectivity index (χ0v) is 20.4.